The average Bonchev–Trinajstić information content (AvgIpc) is 2.57. The molecule has 0 amide bonds. The highest BCUT2D eigenvalue weighted by Gasteiger charge is 2.24. The maximum atomic E-state index is 6.46. The van der Waals surface area contributed by atoms with Crippen molar-refractivity contribution in [3.8, 4) is 0 Å². The van der Waals surface area contributed by atoms with Crippen molar-refractivity contribution < 1.29 is 4.74 Å². The SMILES string of the molecule is CCNC(=NCC(c1ccccc1Cl)N1CCOCC1)NC(C)C. The summed E-state index contributed by atoms with van der Waals surface area (Å²) >= 11 is 6.46. The molecule has 1 aliphatic rings. The molecule has 24 heavy (non-hydrogen) atoms. The van der Waals surface area contributed by atoms with Crippen LogP contribution in [-0.2, 0) is 4.74 Å². The minimum Gasteiger partial charge on any atom is -0.379 e. The number of halogens is 1. The Hall–Kier alpha value is -1.30. The van der Waals surface area contributed by atoms with Gasteiger partial charge in [-0.2, -0.15) is 0 Å². The minimum absolute atomic E-state index is 0.158. The molecular formula is C18H29ClN4O. The first kappa shape index (κ1) is 19.0. The first-order valence-electron chi connectivity index (χ1n) is 8.73. The van der Waals surface area contributed by atoms with Crippen molar-refractivity contribution in [2.75, 3.05) is 39.4 Å². The monoisotopic (exact) mass is 352 g/mol. The number of morpholine rings is 1. The number of rotatable bonds is 6. The molecule has 0 aliphatic carbocycles. The molecule has 1 atom stereocenters. The predicted molar refractivity (Wildman–Crippen MR) is 101 cm³/mol. The van der Waals surface area contributed by atoms with E-state index in [0.29, 0.717) is 12.6 Å². The van der Waals surface area contributed by atoms with Crippen LogP contribution >= 0.6 is 11.6 Å². The molecule has 1 aliphatic heterocycles. The molecule has 1 heterocycles. The third-order valence-electron chi connectivity index (χ3n) is 3.94. The van der Waals surface area contributed by atoms with Crippen LogP contribution < -0.4 is 10.6 Å². The number of hydrogen-bond donors (Lipinski definition) is 2. The van der Waals surface area contributed by atoms with Crippen molar-refractivity contribution in [3.05, 3.63) is 34.9 Å². The van der Waals surface area contributed by atoms with Crippen LogP contribution in [0.2, 0.25) is 5.02 Å². The first-order chi connectivity index (χ1) is 11.6. The Balaban J connectivity index is 2.20. The number of ether oxygens (including phenoxy) is 1. The maximum Gasteiger partial charge on any atom is 0.191 e. The van der Waals surface area contributed by atoms with E-state index in [0.717, 1.165) is 49.4 Å². The summed E-state index contributed by atoms with van der Waals surface area (Å²) in [5, 5.41) is 7.47. The van der Waals surface area contributed by atoms with Crippen molar-refractivity contribution in [2.24, 2.45) is 4.99 Å². The molecule has 1 fully saturated rings. The Morgan fingerprint density at radius 1 is 1.29 bits per heavy atom. The largest absolute Gasteiger partial charge is 0.379 e. The molecule has 1 aromatic rings. The molecule has 0 spiro atoms. The van der Waals surface area contributed by atoms with Crippen LogP contribution in [0.15, 0.2) is 29.3 Å². The van der Waals surface area contributed by atoms with Gasteiger partial charge in [-0.1, -0.05) is 29.8 Å². The Morgan fingerprint density at radius 2 is 2.00 bits per heavy atom. The zero-order chi connectivity index (χ0) is 17.4. The zero-order valence-corrected chi connectivity index (χ0v) is 15.6. The number of aliphatic imine (C=N–C) groups is 1. The Kier molecular flexibility index (Phi) is 7.82. The fourth-order valence-electron chi connectivity index (χ4n) is 2.82. The van der Waals surface area contributed by atoms with Gasteiger partial charge in [0.1, 0.15) is 0 Å². The van der Waals surface area contributed by atoms with Crippen LogP contribution in [-0.4, -0.2) is 56.3 Å². The molecule has 0 bridgehead atoms. The van der Waals surface area contributed by atoms with Crippen molar-refractivity contribution in [1.29, 1.82) is 0 Å². The van der Waals surface area contributed by atoms with Gasteiger partial charge in [-0.3, -0.25) is 9.89 Å². The third kappa shape index (κ3) is 5.65. The number of hydrogen-bond acceptors (Lipinski definition) is 3. The Labute approximate surface area is 150 Å². The first-order valence-corrected chi connectivity index (χ1v) is 9.10. The third-order valence-corrected chi connectivity index (χ3v) is 4.29. The van der Waals surface area contributed by atoms with E-state index < -0.39 is 0 Å². The predicted octanol–water partition coefficient (Wildman–Crippen LogP) is 2.68. The van der Waals surface area contributed by atoms with E-state index in [4.69, 9.17) is 21.3 Å². The van der Waals surface area contributed by atoms with Gasteiger partial charge in [0.05, 0.1) is 25.8 Å². The molecule has 134 valence electrons. The lowest BCUT2D eigenvalue weighted by Crippen LogP contribution is -2.43. The molecule has 1 saturated heterocycles. The Morgan fingerprint density at radius 3 is 2.62 bits per heavy atom. The zero-order valence-electron chi connectivity index (χ0n) is 14.9. The lowest BCUT2D eigenvalue weighted by Gasteiger charge is -2.34. The number of guanidine groups is 1. The fourth-order valence-corrected chi connectivity index (χ4v) is 3.08. The highest BCUT2D eigenvalue weighted by atomic mass is 35.5. The highest BCUT2D eigenvalue weighted by Crippen LogP contribution is 2.28. The van der Waals surface area contributed by atoms with Gasteiger partial charge in [-0.15, -0.1) is 0 Å². The standard InChI is InChI=1S/C18H29ClN4O/c1-4-20-18(22-14(2)3)21-13-17(23-9-11-24-12-10-23)15-7-5-6-8-16(15)19/h5-8,14,17H,4,9-13H2,1-3H3,(H2,20,21,22). The minimum atomic E-state index is 0.158. The van der Waals surface area contributed by atoms with Crippen LogP contribution in [0.1, 0.15) is 32.4 Å². The number of benzene rings is 1. The van der Waals surface area contributed by atoms with Crippen LogP contribution in [0.25, 0.3) is 0 Å². The van der Waals surface area contributed by atoms with Gasteiger partial charge >= 0.3 is 0 Å². The maximum absolute atomic E-state index is 6.46. The number of nitrogens with one attached hydrogen (secondary N) is 2. The normalized spacial score (nSPS) is 17.8. The van der Waals surface area contributed by atoms with Crippen molar-refractivity contribution >= 4 is 17.6 Å². The van der Waals surface area contributed by atoms with Crippen LogP contribution in [0.4, 0.5) is 0 Å². The summed E-state index contributed by atoms with van der Waals surface area (Å²) < 4.78 is 5.50. The van der Waals surface area contributed by atoms with Gasteiger partial charge in [0.2, 0.25) is 0 Å². The second-order valence-corrected chi connectivity index (χ2v) is 6.61. The van der Waals surface area contributed by atoms with Gasteiger partial charge in [-0.05, 0) is 32.4 Å². The van der Waals surface area contributed by atoms with Crippen molar-refractivity contribution in [1.82, 2.24) is 15.5 Å². The lowest BCUT2D eigenvalue weighted by molar-refractivity contribution is 0.0180. The molecule has 2 rings (SSSR count). The topological polar surface area (TPSA) is 48.9 Å². The molecule has 0 radical (unpaired) electrons. The van der Waals surface area contributed by atoms with Gasteiger partial charge < -0.3 is 15.4 Å². The second-order valence-electron chi connectivity index (χ2n) is 6.20. The van der Waals surface area contributed by atoms with Crippen LogP contribution in [0.3, 0.4) is 0 Å². The van der Waals surface area contributed by atoms with Crippen molar-refractivity contribution in [3.63, 3.8) is 0 Å². The highest BCUT2D eigenvalue weighted by molar-refractivity contribution is 6.31. The molecule has 1 aromatic carbocycles. The summed E-state index contributed by atoms with van der Waals surface area (Å²) in [7, 11) is 0. The molecule has 0 saturated carbocycles. The molecule has 6 heteroatoms. The lowest BCUT2D eigenvalue weighted by atomic mass is 10.0. The summed E-state index contributed by atoms with van der Waals surface area (Å²) in [4.78, 5) is 7.21. The van der Waals surface area contributed by atoms with Gasteiger partial charge in [-0.25, -0.2) is 0 Å². The average molecular weight is 353 g/mol. The molecule has 0 aromatic heterocycles. The van der Waals surface area contributed by atoms with E-state index in [-0.39, 0.29) is 6.04 Å². The number of nitrogens with zero attached hydrogens (tertiary/aromatic N) is 2. The van der Waals surface area contributed by atoms with E-state index in [1.807, 2.05) is 18.2 Å². The smallest absolute Gasteiger partial charge is 0.191 e. The van der Waals surface area contributed by atoms with E-state index in [1.54, 1.807) is 0 Å². The van der Waals surface area contributed by atoms with Crippen LogP contribution in [0.5, 0.6) is 0 Å². The quantitative estimate of drug-likeness (QED) is 0.610. The van der Waals surface area contributed by atoms with Gasteiger partial charge in [0.15, 0.2) is 5.96 Å². The van der Waals surface area contributed by atoms with E-state index in [9.17, 15) is 0 Å². The summed E-state index contributed by atoms with van der Waals surface area (Å²) in [5.74, 6) is 0.845. The van der Waals surface area contributed by atoms with E-state index >= 15 is 0 Å². The molecular weight excluding hydrogens is 324 g/mol. The van der Waals surface area contributed by atoms with Gasteiger partial charge in [0.25, 0.3) is 0 Å². The van der Waals surface area contributed by atoms with Crippen LogP contribution in [0, 0.1) is 0 Å². The summed E-state index contributed by atoms with van der Waals surface area (Å²) in [6, 6.07) is 8.55. The second kappa shape index (κ2) is 9.87. The molecule has 5 nitrogen and oxygen atoms in total. The van der Waals surface area contributed by atoms with E-state index in [2.05, 4.69) is 42.4 Å². The van der Waals surface area contributed by atoms with Crippen molar-refractivity contribution in [2.45, 2.75) is 32.9 Å². The summed E-state index contributed by atoms with van der Waals surface area (Å²) in [5.41, 5.74) is 1.13. The molecule has 2 N–H and O–H groups in total. The fraction of sp³-hybridized carbons (Fsp3) is 0.611. The Bertz CT molecular complexity index is 530. The summed E-state index contributed by atoms with van der Waals surface area (Å²) in [6.45, 7) is 11.1. The summed E-state index contributed by atoms with van der Waals surface area (Å²) in [6.07, 6.45) is 0. The van der Waals surface area contributed by atoms with E-state index in [1.165, 1.54) is 0 Å². The molecule has 1 unspecified atom stereocenters. The van der Waals surface area contributed by atoms with Gasteiger partial charge in [0, 0.05) is 30.7 Å².